The number of benzene rings is 1. The van der Waals surface area contributed by atoms with Gasteiger partial charge in [0.05, 0.1) is 33.7 Å². The number of nitro groups is 1. The Bertz CT molecular complexity index is 497. The molecular formula is C11H13Cl3N2O4. The number of ether oxygens (including phenoxy) is 1. The molecule has 0 amide bonds. The molecule has 0 atom stereocenters. The molecule has 1 rings (SSSR count). The van der Waals surface area contributed by atoms with Crippen molar-refractivity contribution in [2.75, 3.05) is 13.2 Å². The van der Waals surface area contributed by atoms with Crippen LogP contribution in [0.25, 0.3) is 0 Å². The number of nitrogens with zero attached hydrogens (tertiary/aromatic N) is 1. The Kier molecular flexibility index (Phi) is 8.48. The van der Waals surface area contributed by atoms with E-state index in [-0.39, 0.29) is 53.4 Å². The second-order valence-corrected chi connectivity index (χ2v) is 4.31. The zero-order chi connectivity index (χ0) is 14.4. The molecule has 0 fully saturated rings. The predicted molar refractivity (Wildman–Crippen MR) is 78.7 cm³/mol. The van der Waals surface area contributed by atoms with Gasteiger partial charge in [0.1, 0.15) is 0 Å². The highest BCUT2D eigenvalue weighted by atomic mass is 35.5. The number of rotatable bonds is 6. The zero-order valence-corrected chi connectivity index (χ0v) is 12.8. The fourth-order valence-corrected chi connectivity index (χ4v) is 1.83. The first-order valence-corrected chi connectivity index (χ1v) is 6.20. The highest BCUT2D eigenvalue weighted by Gasteiger charge is 2.19. The van der Waals surface area contributed by atoms with Gasteiger partial charge >= 0.3 is 5.97 Å². The van der Waals surface area contributed by atoms with Crippen molar-refractivity contribution in [3.8, 4) is 0 Å². The molecule has 0 radical (unpaired) electrons. The second kappa shape index (κ2) is 8.97. The summed E-state index contributed by atoms with van der Waals surface area (Å²) in [4.78, 5) is 21.4. The van der Waals surface area contributed by atoms with E-state index in [1.165, 1.54) is 12.1 Å². The maximum atomic E-state index is 11.1. The SMILES string of the molecule is CCOC(=O)CNCc1c([N+](=O)[O-])ccc(Cl)c1Cl.Cl. The van der Waals surface area contributed by atoms with Crippen molar-refractivity contribution in [1.82, 2.24) is 5.32 Å². The Balaban J connectivity index is 0.00000361. The van der Waals surface area contributed by atoms with Gasteiger partial charge in [-0.25, -0.2) is 0 Å². The van der Waals surface area contributed by atoms with Crippen molar-refractivity contribution in [3.63, 3.8) is 0 Å². The van der Waals surface area contributed by atoms with Gasteiger partial charge in [-0.05, 0) is 13.0 Å². The van der Waals surface area contributed by atoms with Gasteiger partial charge in [0.15, 0.2) is 0 Å². The lowest BCUT2D eigenvalue weighted by molar-refractivity contribution is -0.385. The summed E-state index contributed by atoms with van der Waals surface area (Å²) in [5.74, 6) is -0.441. The minimum atomic E-state index is -0.552. The predicted octanol–water partition coefficient (Wildman–Crippen LogP) is 2.98. The molecule has 1 N–H and O–H groups in total. The van der Waals surface area contributed by atoms with Crippen LogP contribution in [0, 0.1) is 10.1 Å². The zero-order valence-electron chi connectivity index (χ0n) is 10.5. The molecule has 20 heavy (non-hydrogen) atoms. The van der Waals surface area contributed by atoms with Gasteiger partial charge in [0.25, 0.3) is 5.69 Å². The number of nitrogens with one attached hydrogen (secondary N) is 1. The molecule has 6 nitrogen and oxygen atoms in total. The molecule has 0 aliphatic rings. The van der Waals surface area contributed by atoms with E-state index in [0.717, 1.165) is 0 Å². The molecular weight excluding hydrogens is 330 g/mol. The average Bonchev–Trinajstić information content (AvgIpc) is 2.34. The van der Waals surface area contributed by atoms with Crippen LogP contribution in [0.2, 0.25) is 10.0 Å². The van der Waals surface area contributed by atoms with Crippen molar-refractivity contribution >= 4 is 47.3 Å². The Hall–Kier alpha value is -1.08. The molecule has 0 aliphatic carbocycles. The van der Waals surface area contributed by atoms with Gasteiger partial charge in [0, 0.05) is 12.6 Å². The quantitative estimate of drug-likeness (QED) is 0.488. The van der Waals surface area contributed by atoms with Crippen LogP contribution in [0.1, 0.15) is 12.5 Å². The highest BCUT2D eigenvalue weighted by molar-refractivity contribution is 6.42. The van der Waals surface area contributed by atoms with Crippen LogP contribution < -0.4 is 5.32 Å². The molecule has 1 aromatic carbocycles. The topological polar surface area (TPSA) is 81.5 Å². The van der Waals surface area contributed by atoms with Crippen LogP contribution in [-0.2, 0) is 16.1 Å². The second-order valence-electron chi connectivity index (χ2n) is 3.52. The molecule has 0 heterocycles. The average molecular weight is 344 g/mol. The van der Waals surface area contributed by atoms with Crippen molar-refractivity contribution in [3.05, 3.63) is 37.9 Å². The molecule has 0 aromatic heterocycles. The normalized spacial score (nSPS) is 9.75. The van der Waals surface area contributed by atoms with Crippen LogP contribution >= 0.6 is 35.6 Å². The van der Waals surface area contributed by atoms with Crippen molar-refractivity contribution in [1.29, 1.82) is 0 Å². The van der Waals surface area contributed by atoms with Crippen molar-refractivity contribution in [2.45, 2.75) is 13.5 Å². The summed E-state index contributed by atoms with van der Waals surface area (Å²) < 4.78 is 4.72. The smallest absolute Gasteiger partial charge is 0.319 e. The molecule has 0 saturated heterocycles. The summed E-state index contributed by atoms with van der Waals surface area (Å²) in [6, 6.07) is 2.63. The first-order valence-electron chi connectivity index (χ1n) is 5.45. The monoisotopic (exact) mass is 342 g/mol. The molecule has 0 saturated carbocycles. The van der Waals surface area contributed by atoms with E-state index in [1.807, 2.05) is 0 Å². The Labute approximate surface area is 131 Å². The molecule has 112 valence electrons. The van der Waals surface area contributed by atoms with Gasteiger partial charge in [0.2, 0.25) is 0 Å². The van der Waals surface area contributed by atoms with Gasteiger partial charge in [-0.3, -0.25) is 14.9 Å². The first-order chi connectivity index (χ1) is 8.97. The Morgan fingerprint density at radius 2 is 2.10 bits per heavy atom. The third-order valence-corrected chi connectivity index (χ3v) is 3.09. The van der Waals surface area contributed by atoms with Gasteiger partial charge in [-0.2, -0.15) is 0 Å². The number of carbonyl (C=O) groups excluding carboxylic acids is 1. The van der Waals surface area contributed by atoms with E-state index in [9.17, 15) is 14.9 Å². The van der Waals surface area contributed by atoms with Crippen LogP contribution in [0.4, 0.5) is 5.69 Å². The maximum Gasteiger partial charge on any atom is 0.319 e. The molecule has 1 aromatic rings. The van der Waals surface area contributed by atoms with Crippen LogP contribution in [-0.4, -0.2) is 24.0 Å². The summed E-state index contributed by atoms with van der Waals surface area (Å²) in [5.41, 5.74) is 0.0919. The number of halogens is 3. The third-order valence-electron chi connectivity index (χ3n) is 2.24. The van der Waals surface area contributed by atoms with E-state index >= 15 is 0 Å². The summed E-state index contributed by atoms with van der Waals surface area (Å²) in [6.07, 6.45) is 0. The van der Waals surface area contributed by atoms with Crippen LogP contribution in [0.15, 0.2) is 12.1 Å². The lowest BCUT2D eigenvalue weighted by Gasteiger charge is -2.08. The summed E-state index contributed by atoms with van der Waals surface area (Å²) in [7, 11) is 0. The fourth-order valence-electron chi connectivity index (χ4n) is 1.42. The third kappa shape index (κ3) is 5.13. The lowest BCUT2D eigenvalue weighted by atomic mass is 10.2. The minimum absolute atomic E-state index is 0. The fraction of sp³-hybridized carbons (Fsp3) is 0.364. The molecule has 0 aliphatic heterocycles. The van der Waals surface area contributed by atoms with E-state index in [0.29, 0.717) is 0 Å². The summed E-state index contributed by atoms with van der Waals surface area (Å²) in [5, 5.41) is 13.9. The van der Waals surface area contributed by atoms with Crippen LogP contribution in [0.5, 0.6) is 0 Å². The largest absolute Gasteiger partial charge is 0.465 e. The van der Waals surface area contributed by atoms with E-state index in [4.69, 9.17) is 27.9 Å². The molecule has 0 unspecified atom stereocenters. The van der Waals surface area contributed by atoms with Gasteiger partial charge in [-0.1, -0.05) is 23.2 Å². The molecule has 0 spiro atoms. The van der Waals surface area contributed by atoms with Crippen molar-refractivity contribution in [2.24, 2.45) is 0 Å². The number of hydrogen-bond acceptors (Lipinski definition) is 5. The van der Waals surface area contributed by atoms with Crippen LogP contribution in [0.3, 0.4) is 0 Å². The Morgan fingerprint density at radius 1 is 1.45 bits per heavy atom. The highest BCUT2D eigenvalue weighted by Crippen LogP contribution is 2.32. The van der Waals surface area contributed by atoms with E-state index in [1.54, 1.807) is 6.92 Å². The summed E-state index contributed by atoms with van der Waals surface area (Å²) in [6.45, 7) is 1.96. The molecule has 9 heteroatoms. The molecule has 0 bridgehead atoms. The summed E-state index contributed by atoms with van der Waals surface area (Å²) >= 11 is 11.7. The maximum absolute atomic E-state index is 11.1. The van der Waals surface area contributed by atoms with Gasteiger partial charge < -0.3 is 10.1 Å². The first kappa shape index (κ1) is 18.9. The number of hydrogen-bond donors (Lipinski definition) is 1. The number of carbonyl (C=O) groups is 1. The number of esters is 1. The Morgan fingerprint density at radius 3 is 2.65 bits per heavy atom. The van der Waals surface area contributed by atoms with Gasteiger partial charge in [-0.15, -0.1) is 12.4 Å². The minimum Gasteiger partial charge on any atom is -0.465 e. The lowest BCUT2D eigenvalue weighted by Crippen LogP contribution is -2.24. The van der Waals surface area contributed by atoms with E-state index in [2.05, 4.69) is 5.32 Å². The van der Waals surface area contributed by atoms with Crippen molar-refractivity contribution < 1.29 is 14.5 Å². The standard InChI is InChI=1S/C11H12Cl2N2O4.ClH/c1-2-19-10(16)6-14-5-7-9(15(17)18)4-3-8(12)11(7)13;/h3-4,14H,2,5-6H2,1H3;1H. The van der Waals surface area contributed by atoms with E-state index < -0.39 is 10.9 Å². The number of nitro benzene ring substituents is 1.